The summed E-state index contributed by atoms with van der Waals surface area (Å²) in [7, 11) is 0. The molecule has 0 radical (unpaired) electrons. The van der Waals surface area contributed by atoms with Crippen molar-refractivity contribution in [1.29, 1.82) is 0 Å². The van der Waals surface area contributed by atoms with Crippen LogP contribution in [0.2, 0.25) is 0 Å². The Morgan fingerprint density at radius 3 is 2.89 bits per heavy atom. The van der Waals surface area contributed by atoms with Gasteiger partial charge in [-0.1, -0.05) is 48.9 Å². The highest BCUT2D eigenvalue weighted by Gasteiger charge is 2.37. The van der Waals surface area contributed by atoms with E-state index in [0.717, 1.165) is 41.9 Å². The smallest absolute Gasteiger partial charge is 0.120 e. The van der Waals surface area contributed by atoms with Gasteiger partial charge in [-0.15, -0.1) is 5.10 Å². The summed E-state index contributed by atoms with van der Waals surface area (Å²) in [5, 5.41) is 12.2. The van der Waals surface area contributed by atoms with Gasteiger partial charge in [0.1, 0.15) is 11.6 Å². The van der Waals surface area contributed by atoms with E-state index in [0.29, 0.717) is 0 Å². The molecule has 4 rings (SSSR count). The maximum Gasteiger partial charge on any atom is 0.120 e. The fourth-order valence-corrected chi connectivity index (χ4v) is 3.81. The lowest BCUT2D eigenvalue weighted by Gasteiger charge is -2.28. The van der Waals surface area contributed by atoms with Crippen LogP contribution >= 0.6 is 0 Å². The summed E-state index contributed by atoms with van der Waals surface area (Å²) >= 11 is 0. The van der Waals surface area contributed by atoms with E-state index >= 15 is 0 Å². The van der Waals surface area contributed by atoms with Gasteiger partial charge in [-0.3, -0.25) is 0 Å². The van der Waals surface area contributed by atoms with Gasteiger partial charge in [-0.25, -0.2) is 9.48 Å². The van der Waals surface area contributed by atoms with Gasteiger partial charge in [-0.05, 0) is 37.1 Å². The quantitative estimate of drug-likeness (QED) is 0.691. The zero-order valence-electron chi connectivity index (χ0n) is 15.3. The average Bonchev–Trinajstić information content (AvgIpc) is 3.31. The van der Waals surface area contributed by atoms with E-state index < -0.39 is 0 Å². The zero-order chi connectivity index (χ0) is 18.7. The average molecular weight is 358 g/mol. The van der Waals surface area contributed by atoms with Crippen LogP contribution < -0.4 is 5.32 Å². The minimum atomic E-state index is -0.145. The summed E-state index contributed by atoms with van der Waals surface area (Å²) in [6.07, 6.45) is 6.77. The predicted molar refractivity (Wildman–Crippen MR) is 106 cm³/mol. The van der Waals surface area contributed by atoms with Gasteiger partial charge in [0.25, 0.3) is 0 Å². The Morgan fingerprint density at radius 1 is 1.22 bits per heavy atom. The Labute approximate surface area is 158 Å². The minimum Gasteiger partial charge on any atom is -0.381 e. The molecular weight excluding hydrogens is 336 g/mol. The summed E-state index contributed by atoms with van der Waals surface area (Å²) in [5.74, 6) is 1.99. The molecule has 1 aromatic heterocycles. The highest BCUT2D eigenvalue weighted by Crippen LogP contribution is 2.40. The van der Waals surface area contributed by atoms with Crippen molar-refractivity contribution in [3.8, 4) is 16.9 Å². The molecule has 1 fully saturated rings. The number of rotatable bonds is 5. The van der Waals surface area contributed by atoms with Gasteiger partial charge in [0.15, 0.2) is 0 Å². The standard InChI is InChI=1S/C22H22N4O/c1-22(13-14-27)12-6-11-21(22)23-18-8-5-7-17(15-18)20-16-26(25-24-20)19-9-3-2-4-10-19/h2-5,7-10,13,15-16,21,23H,6,11-12H2,1H3. The number of nitrogens with one attached hydrogen (secondary N) is 1. The van der Waals surface area contributed by atoms with Crippen LogP contribution in [0.5, 0.6) is 0 Å². The van der Waals surface area contributed by atoms with Crippen molar-refractivity contribution in [2.75, 3.05) is 5.32 Å². The molecule has 2 atom stereocenters. The number of hydrogen-bond acceptors (Lipinski definition) is 4. The second kappa shape index (κ2) is 7.22. The number of benzene rings is 2. The number of hydrogen-bond donors (Lipinski definition) is 1. The van der Waals surface area contributed by atoms with Gasteiger partial charge in [0.05, 0.1) is 11.9 Å². The van der Waals surface area contributed by atoms with E-state index in [1.54, 1.807) is 10.8 Å². The second-order valence-electron chi connectivity index (χ2n) is 7.32. The second-order valence-corrected chi connectivity index (χ2v) is 7.32. The highest BCUT2D eigenvalue weighted by molar-refractivity contribution is 5.65. The lowest BCUT2D eigenvalue weighted by atomic mass is 9.85. The zero-order valence-corrected chi connectivity index (χ0v) is 15.3. The Kier molecular flexibility index (Phi) is 4.61. The molecule has 3 aromatic rings. The van der Waals surface area contributed by atoms with Gasteiger partial charge < -0.3 is 5.32 Å². The monoisotopic (exact) mass is 358 g/mol. The molecule has 1 N–H and O–H groups in total. The van der Waals surface area contributed by atoms with Crippen LogP contribution in [0.3, 0.4) is 0 Å². The van der Waals surface area contributed by atoms with E-state index in [2.05, 4.69) is 34.7 Å². The molecule has 1 heterocycles. The minimum absolute atomic E-state index is 0.145. The molecule has 136 valence electrons. The van der Waals surface area contributed by atoms with Gasteiger partial charge in [-0.2, -0.15) is 0 Å². The largest absolute Gasteiger partial charge is 0.381 e. The normalized spacial score (nSPS) is 21.6. The summed E-state index contributed by atoms with van der Waals surface area (Å²) in [6, 6.07) is 18.3. The van der Waals surface area contributed by atoms with Gasteiger partial charge in [0.2, 0.25) is 0 Å². The van der Waals surface area contributed by atoms with E-state index in [9.17, 15) is 4.79 Å². The third-order valence-corrected chi connectivity index (χ3v) is 5.41. The summed E-state index contributed by atoms with van der Waals surface area (Å²) < 4.78 is 1.78. The fourth-order valence-electron chi connectivity index (χ4n) is 3.81. The first-order valence-electron chi connectivity index (χ1n) is 9.25. The first-order valence-corrected chi connectivity index (χ1v) is 9.25. The van der Waals surface area contributed by atoms with Crippen molar-refractivity contribution in [2.45, 2.75) is 32.2 Å². The van der Waals surface area contributed by atoms with Crippen molar-refractivity contribution in [2.24, 2.45) is 5.41 Å². The number of para-hydroxylation sites is 1. The van der Waals surface area contributed by atoms with Crippen molar-refractivity contribution >= 4 is 11.6 Å². The molecule has 5 heteroatoms. The third kappa shape index (κ3) is 3.55. The molecular formula is C22H22N4O. The molecule has 0 bridgehead atoms. The molecule has 1 saturated carbocycles. The van der Waals surface area contributed by atoms with Crippen molar-refractivity contribution in [3.63, 3.8) is 0 Å². The summed E-state index contributed by atoms with van der Waals surface area (Å²) in [6.45, 7) is 2.12. The van der Waals surface area contributed by atoms with Crippen molar-refractivity contribution in [3.05, 3.63) is 66.9 Å². The maximum absolute atomic E-state index is 10.9. The first kappa shape index (κ1) is 17.3. The molecule has 1 aliphatic carbocycles. The molecule has 1 aliphatic rings. The summed E-state index contributed by atoms with van der Waals surface area (Å²) in [4.78, 5) is 10.9. The molecule has 0 aliphatic heterocycles. The lowest BCUT2D eigenvalue weighted by Crippen LogP contribution is -2.32. The fraction of sp³-hybridized carbons (Fsp3) is 0.273. The van der Waals surface area contributed by atoms with Crippen LogP contribution in [-0.4, -0.2) is 27.0 Å². The Bertz CT molecular complexity index is 975. The predicted octanol–water partition coefficient (Wildman–Crippen LogP) is 4.29. The van der Waals surface area contributed by atoms with Crippen LogP contribution in [0.4, 0.5) is 5.69 Å². The Morgan fingerprint density at radius 2 is 2.07 bits per heavy atom. The van der Waals surface area contributed by atoms with E-state index in [-0.39, 0.29) is 11.5 Å². The molecule has 5 nitrogen and oxygen atoms in total. The first-order chi connectivity index (χ1) is 13.2. The number of anilines is 1. The van der Waals surface area contributed by atoms with Crippen molar-refractivity contribution in [1.82, 2.24) is 15.0 Å². The Hall–Kier alpha value is -3.17. The molecule has 0 saturated heterocycles. The number of nitrogens with zero attached hydrogens (tertiary/aromatic N) is 3. The molecule has 0 spiro atoms. The lowest BCUT2D eigenvalue weighted by molar-refractivity contribution is 0.408. The number of carbonyl (C=O) groups excluding carboxylic acids is 1. The van der Waals surface area contributed by atoms with Crippen LogP contribution in [-0.2, 0) is 4.79 Å². The highest BCUT2D eigenvalue weighted by atomic mass is 16.1. The SMILES string of the molecule is CC1(C=C=O)CCCC1Nc1cccc(-c2cn(-c3ccccc3)nn2)c1. The van der Waals surface area contributed by atoms with Crippen LogP contribution in [0.1, 0.15) is 26.2 Å². The maximum atomic E-state index is 10.9. The van der Waals surface area contributed by atoms with Crippen molar-refractivity contribution < 1.29 is 4.79 Å². The molecule has 2 unspecified atom stereocenters. The van der Waals surface area contributed by atoms with Crippen LogP contribution in [0.25, 0.3) is 16.9 Å². The molecule has 2 aromatic carbocycles. The molecule has 27 heavy (non-hydrogen) atoms. The van der Waals surface area contributed by atoms with Gasteiger partial charge in [0, 0.05) is 28.8 Å². The molecule has 0 amide bonds. The van der Waals surface area contributed by atoms with Crippen LogP contribution in [0, 0.1) is 5.41 Å². The summed E-state index contributed by atoms with van der Waals surface area (Å²) in [5.41, 5.74) is 3.69. The van der Waals surface area contributed by atoms with E-state index in [1.165, 1.54) is 0 Å². The topological polar surface area (TPSA) is 59.8 Å². The van der Waals surface area contributed by atoms with Gasteiger partial charge >= 0.3 is 0 Å². The number of aromatic nitrogens is 3. The Balaban J connectivity index is 1.57. The van der Waals surface area contributed by atoms with Crippen LogP contribution in [0.15, 0.2) is 66.9 Å². The third-order valence-electron chi connectivity index (χ3n) is 5.41. The van der Waals surface area contributed by atoms with E-state index in [4.69, 9.17) is 0 Å². The van der Waals surface area contributed by atoms with E-state index in [1.807, 2.05) is 54.6 Å².